The van der Waals surface area contributed by atoms with Gasteiger partial charge in [-0.25, -0.2) is 0 Å². The summed E-state index contributed by atoms with van der Waals surface area (Å²) in [5, 5.41) is 10.1. The smallest absolute Gasteiger partial charge is 0.272 e. The quantitative estimate of drug-likeness (QED) is 0.887. The van der Waals surface area contributed by atoms with Gasteiger partial charge < -0.3 is 10.6 Å². The molecule has 0 aliphatic carbocycles. The fourth-order valence-corrected chi connectivity index (χ4v) is 1.79. The molecular formula is C18H32N4O2. The summed E-state index contributed by atoms with van der Waals surface area (Å²) in [7, 11) is 1.70. The summed E-state index contributed by atoms with van der Waals surface area (Å²) in [4.78, 5) is 25.1. The molecule has 0 radical (unpaired) electrons. The first kappa shape index (κ1) is 20.2. The number of amides is 2. The number of carbonyl (C=O) groups is 2. The molecular weight excluding hydrogens is 304 g/mol. The van der Waals surface area contributed by atoms with Gasteiger partial charge in [-0.05, 0) is 24.7 Å². The minimum absolute atomic E-state index is 0.0328. The molecule has 1 aromatic heterocycles. The van der Waals surface area contributed by atoms with Crippen LogP contribution in [0.25, 0.3) is 0 Å². The fraction of sp³-hybridized carbons (Fsp3) is 0.722. The van der Waals surface area contributed by atoms with E-state index in [0.29, 0.717) is 5.56 Å². The summed E-state index contributed by atoms with van der Waals surface area (Å²) in [6.45, 7) is 16.2. The number of aromatic nitrogens is 2. The van der Waals surface area contributed by atoms with Crippen LogP contribution in [0.15, 0.2) is 6.20 Å². The fourth-order valence-electron chi connectivity index (χ4n) is 1.79. The predicted octanol–water partition coefficient (Wildman–Crippen LogP) is 2.75. The number of aryl methyl sites for hydroxylation is 1. The van der Waals surface area contributed by atoms with E-state index in [-0.39, 0.29) is 40.4 Å². The molecule has 0 unspecified atom stereocenters. The zero-order valence-corrected chi connectivity index (χ0v) is 16.4. The van der Waals surface area contributed by atoms with Gasteiger partial charge in [-0.15, -0.1) is 0 Å². The molecule has 6 heteroatoms. The van der Waals surface area contributed by atoms with Gasteiger partial charge in [0.1, 0.15) is 0 Å². The van der Waals surface area contributed by atoms with Crippen molar-refractivity contribution >= 4 is 11.8 Å². The molecule has 136 valence electrons. The third kappa shape index (κ3) is 5.08. The number of hydrogen-bond acceptors (Lipinski definition) is 3. The first-order valence-corrected chi connectivity index (χ1v) is 8.39. The van der Waals surface area contributed by atoms with Crippen molar-refractivity contribution in [3.8, 4) is 0 Å². The molecule has 1 aromatic rings. The number of rotatable bonds is 4. The summed E-state index contributed by atoms with van der Waals surface area (Å²) in [5.41, 5.74) is 0.314. The minimum Gasteiger partial charge on any atom is -0.349 e. The van der Waals surface area contributed by atoms with Crippen molar-refractivity contribution in [1.82, 2.24) is 20.4 Å². The Kier molecular flexibility index (Phi) is 5.85. The van der Waals surface area contributed by atoms with Crippen LogP contribution in [-0.2, 0) is 7.05 Å². The first-order chi connectivity index (χ1) is 10.7. The topological polar surface area (TPSA) is 76.0 Å². The highest BCUT2D eigenvalue weighted by atomic mass is 16.2. The lowest BCUT2D eigenvalue weighted by atomic mass is 9.87. The number of carbonyl (C=O) groups excluding carboxylic acids is 2. The Hall–Kier alpha value is -1.85. The average Bonchev–Trinajstić information content (AvgIpc) is 2.78. The predicted molar refractivity (Wildman–Crippen MR) is 96.0 cm³/mol. The Balaban J connectivity index is 3.00. The molecule has 1 rings (SSSR count). The zero-order valence-electron chi connectivity index (χ0n) is 16.4. The SMILES string of the molecule is C[C@@H](NC(=O)c1cn(C)nc1C(=O)N[C@H](C)C(C)(C)C)C(C)(C)C. The highest BCUT2D eigenvalue weighted by Gasteiger charge is 2.28. The summed E-state index contributed by atoms with van der Waals surface area (Å²) in [5.74, 6) is -0.606. The Morgan fingerprint density at radius 2 is 1.38 bits per heavy atom. The van der Waals surface area contributed by atoms with Crippen molar-refractivity contribution in [2.45, 2.75) is 67.5 Å². The van der Waals surface area contributed by atoms with Crippen LogP contribution in [0.1, 0.15) is 76.2 Å². The first-order valence-electron chi connectivity index (χ1n) is 8.39. The maximum Gasteiger partial charge on any atom is 0.272 e. The van der Waals surface area contributed by atoms with Gasteiger partial charge in [-0.1, -0.05) is 41.5 Å². The third-order valence-corrected chi connectivity index (χ3v) is 4.58. The van der Waals surface area contributed by atoms with Crippen LogP contribution in [0, 0.1) is 10.8 Å². The lowest BCUT2D eigenvalue weighted by Crippen LogP contribution is -2.43. The van der Waals surface area contributed by atoms with Crippen molar-refractivity contribution in [2.75, 3.05) is 0 Å². The lowest BCUT2D eigenvalue weighted by molar-refractivity contribution is 0.0873. The van der Waals surface area contributed by atoms with Gasteiger partial charge in [-0.3, -0.25) is 14.3 Å². The van der Waals surface area contributed by atoms with Gasteiger partial charge in [0.15, 0.2) is 5.69 Å². The summed E-state index contributed by atoms with van der Waals surface area (Å²) < 4.78 is 1.49. The normalized spacial score (nSPS) is 14.9. The lowest BCUT2D eigenvalue weighted by Gasteiger charge is -2.28. The van der Waals surface area contributed by atoms with Gasteiger partial charge in [0, 0.05) is 25.3 Å². The summed E-state index contributed by atoms with van der Waals surface area (Å²) >= 11 is 0. The number of hydrogen-bond donors (Lipinski definition) is 2. The maximum absolute atomic E-state index is 12.6. The highest BCUT2D eigenvalue weighted by molar-refractivity contribution is 6.06. The second kappa shape index (κ2) is 6.95. The van der Waals surface area contributed by atoms with Gasteiger partial charge in [0.25, 0.3) is 11.8 Å². The van der Waals surface area contributed by atoms with Crippen LogP contribution >= 0.6 is 0 Å². The van der Waals surface area contributed by atoms with E-state index >= 15 is 0 Å². The van der Waals surface area contributed by atoms with Crippen LogP contribution in [0.4, 0.5) is 0 Å². The average molecular weight is 336 g/mol. The zero-order chi connectivity index (χ0) is 18.9. The Morgan fingerprint density at radius 3 is 1.79 bits per heavy atom. The Labute approximate surface area is 145 Å². The number of nitrogens with one attached hydrogen (secondary N) is 2. The van der Waals surface area contributed by atoms with Crippen LogP contribution < -0.4 is 10.6 Å². The van der Waals surface area contributed by atoms with Crippen LogP contribution in [0.2, 0.25) is 0 Å². The van der Waals surface area contributed by atoms with Crippen molar-refractivity contribution in [2.24, 2.45) is 17.9 Å². The standard InChI is InChI=1S/C18H32N4O2/c1-11(17(3,4)5)19-15(23)13-10-22(9)21-14(13)16(24)20-12(2)18(6,7)8/h10-12H,1-9H3,(H,19,23)(H,20,24)/t11-,12-/m1/s1. The van der Waals surface area contributed by atoms with Gasteiger partial charge in [0.2, 0.25) is 0 Å². The summed E-state index contributed by atoms with van der Waals surface area (Å²) in [6, 6.07) is -0.0777. The second-order valence-electron chi connectivity index (χ2n) is 8.69. The largest absolute Gasteiger partial charge is 0.349 e. The molecule has 0 saturated carbocycles. The van der Waals surface area contributed by atoms with Crippen LogP contribution in [-0.4, -0.2) is 33.7 Å². The number of nitrogens with zero attached hydrogens (tertiary/aromatic N) is 2. The van der Waals surface area contributed by atoms with E-state index in [1.165, 1.54) is 4.68 Å². The van der Waals surface area contributed by atoms with Gasteiger partial charge in [-0.2, -0.15) is 5.10 Å². The highest BCUT2D eigenvalue weighted by Crippen LogP contribution is 2.21. The van der Waals surface area contributed by atoms with Crippen molar-refractivity contribution in [3.05, 3.63) is 17.5 Å². The second-order valence-corrected chi connectivity index (χ2v) is 8.69. The van der Waals surface area contributed by atoms with E-state index < -0.39 is 0 Å². The molecule has 0 bridgehead atoms. The summed E-state index contributed by atoms with van der Waals surface area (Å²) in [6.07, 6.45) is 1.58. The van der Waals surface area contributed by atoms with E-state index in [9.17, 15) is 9.59 Å². The van der Waals surface area contributed by atoms with Gasteiger partial charge >= 0.3 is 0 Å². The molecule has 2 N–H and O–H groups in total. The molecule has 2 atom stereocenters. The van der Waals surface area contributed by atoms with Crippen molar-refractivity contribution in [1.29, 1.82) is 0 Å². The van der Waals surface area contributed by atoms with Gasteiger partial charge in [0.05, 0.1) is 5.56 Å². The molecule has 0 fully saturated rings. The van der Waals surface area contributed by atoms with Crippen molar-refractivity contribution in [3.63, 3.8) is 0 Å². The van der Waals surface area contributed by atoms with E-state index in [4.69, 9.17) is 0 Å². The molecule has 6 nitrogen and oxygen atoms in total. The van der Waals surface area contributed by atoms with E-state index in [1.807, 2.05) is 13.8 Å². The van der Waals surface area contributed by atoms with Crippen LogP contribution in [0.5, 0.6) is 0 Å². The van der Waals surface area contributed by atoms with E-state index in [0.717, 1.165) is 0 Å². The maximum atomic E-state index is 12.6. The molecule has 24 heavy (non-hydrogen) atoms. The molecule has 0 aliphatic rings. The molecule has 1 heterocycles. The Morgan fingerprint density at radius 1 is 0.958 bits per heavy atom. The molecule has 0 spiro atoms. The van der Waals surface area contributed by atoms with E-state index in [1.54, 1.807) is 13.2 Å². The van der Waals surface area contributed by atoms with E-state index in [2.05, 4.69) is 57.3 Å². The molecule has 0 saturated heterocycles. The Bertz CT molecular complexity index is 554. The molecule has 0 aliphatic heterocycles. The minimum atomic E-state index is -0.327. The third-order valence-electron chi connectivity index (χ3n) is 4.58. The van der Waals surface area contributed by atoms with Crippen molar-refractivity contribution < 1.29 is 9.59 Å². The van der Waals surface area contributed by atoms with Crippen LogP contribution in [0.3, 0.4) is 0 Å². The molecule has 0 aromatic carbocycles. The molecule has 2 amide bonds. The monoisotopic (exact) mass is 336 g/mol.